The fourth-order valence-electron chi connectivity index (χ4n) is 3.50. The van der Waals surface area contributed by atoms with E-state index in [4.69, 9.17) is 18.6 Å². The van der Waals surface area contributed by atoms with Crippen molar-refractivity contribution < 1.29 is 18.6 Å². The van der Waals surface area contributed by atoms with E-state index in [1.807, 2.05) is 31.2 Å². The molecule has 1 aliphatic heterocycles. The standard InChI is InChI=1S/C22H22O5/c1-4-14-10-16-19(12-18(14)24-3)27-13(2)21(22(16)23)15-6-7-17-20(11-15)26-9-5-8-25-17/h6-7,10-12H,4-5,8-9H2,1-3H3. The summed E-state index contributed by atoms with van der Waals surface area (Å²) < 4.78 is 22.9. The van der Waals surface area contributed by atoms with E-state index >= 15 is 0 Å². The van der Waals surface area contributed by atoms with E-state index in [2.05, 4.69) is 0 Å². The van der Waals surface area contributed by atoms with Gasteiger partial charge in [0.25, 0.3) is 0 Å². The fourth-order valence-corrected chi connectivity index (χ4v) is 3.50. The summed E-state index contributed by atoms with van der Waals surface area (Å²) in [6, 6.07) is 9.25. The Hall–Kier alpha value is -2.95. The lowest BCUT2D eigenvalue weighted by Crippen LogP contribution is -2.08. The summed E-state index contributed by atoms with van der Waals surface area (Å²) in [4.78, 5) is 13.3. The van der Waals surface area contributed by atoms with Crippen molar-refractivity contribution in [2.45, 2.75) is 26.7 Å². The predicted octanol–water partition coefficient (Wildman–Crippen LogP) is 4.50. The number of rotatable bonds is 3. The van der Waals surface area contributed by atoms with Crippen LogP contribution in [-0.4, -0.2) is 20.3 Å². The Bertz CT molecular complexity index is 1060. The van der Waals surface area contributed by atoms with Gasteiger partial charge in [0.1, 0.15) is 17.1 Å². The highest BCUT2D eigenvalue weighted by atomic mass is 16.5. The van der Waals surface area contributed by atoms with Gasteiger partial charge in [-0.25, -0.2) is 0 Å². The second-order valence-corrected chi connectivity index (χ2v) is 6.59. The third-order valence-corrected chi connectivity index (χ3v) is 4.89. The first-order chi connectivity index (χ1) is 13.1. The largest absolute Gasteiger partial charge is 0.496 e. The molecule has 140 valence electrons. The average Bonchev–Trinajstić information content (AvgIpc) is 2.92. The Morgan fingerprint density at radius 1 is 1.07 bits per heavy atom. The first-order valence-electron chi connectivity index (χ1n) is 9.16. The summed E-state index contributed by atoms with van der Waals surface area (Å²) in [5, 5.41) is 0.556. The van der Waals surface area contributed by atoms with Crippen molar-refractivity contribution in [3.05, 3.63) is 51.9 Å². The number of aryl methyl sites for hydroxylation is 2. The number of methoxy groups -OCH3 is 1. The Labute approximate surface area is 157 Å². The summed E-state index contributed by atoms with van der Waals surface area (Å²) in [5.41, 5.74) is 2.77. The van der Waals surface area contributed by atoms with Crippen LogP contribution in [0.15, 0.2) is 39.5 Å². The van der Waals surface area contributed by atoms with Crippen molar-refractivity contribution in [2.24, 2.45) is 0 Å². The van der Waals surface area contributed by atoms with Crippen LogP contribution in [0, 0.1) is 6.92 Å². The van der Waals surface area contributed by atoms with Gasteiger partial charge in [0.05, 0.1) is 31.3 Å². The molecule has 3 aromatic rings. The lowest BCUT2D eigenvalue weighted by molar-refractivity contribution is 0.297. The van der Waals surface area contributed by atoms with E-state index in [-0.39, 0.29) is 5.43 Å². The smallest absolute Gasteiger partial charge is 0.200 e. The molecule has 0 saturated heterocycles. The molecule has 27 heavy (non-hydrogen) atoms. The molecule has 5 nitrogen and oxygen atoms in total. The van der Waals surface area contributed by atoms with Crippen LogP contribution < -0.4 is 19.6 Å². The van der Waals surface area contributed by atoms with Crippen LogP contribution in [0.3, 0.4) is 0 Å². The van der Waals surface area contributed by atoms with Crippen LogP contribution in [0.2, 0.25) is 0 Å². The third-order valence-electron chi connectivity index (χ3n) is 4.89. The van der Waals surface area contributed by atoms with Crippen LogP contribution in [0.5, 0.6) is 17.2 Å². The Morgan fingerprint density at radius 2 is 1.85 bits per heavy atom. The SMILES string of the molecule is CCc1cc2c(=O)c(-c3ccc4c(c3)OCCCO4)c(C)oc2cc1OC. The maximum Gasteiger partial charge on any atom is 0.200 e. The summed E-state index contributed by atoms with van der Waals surface area (Å²) in [6.07, 6.45) is 1.61. The average molecular weight is 366 g/mol. The maximum absolute atomic E-state index is 13.3. The highest BCUT2D eigenvalue weighted by molar-refractivity contribution is 5.85. The van der Waals surface area contributed by atoms with Crippen LogP contribution in [0.4, 0.5) is 0 Å². The second-order valence-electron chi connectivity index (χ2n) is 6.59. The number of ether oxygens (including phenoxy) is 3. The molecule has 0 radical (unpaired) electrons. The Morgan fingerprint density at radius 3 is 2.59 bits per heavy atom. The molecular formula is C22H22O5. The monoisotopic (exact) mass is 366 g/mol. The van der Waals surface area contributed by atoms with Crippen LogP contribution >= 0.6 is 0 Å². The van der Waals surface area contributed by atoms with Crippen molar-refractivity contribution in [2.75, 3.05) is 20.3 Å². The summed E-state index contributed by atoms with van der Waals surface area (Å²) in [6.45, 7) is 5.07. The minimum absolute atomic E-state index is 0.0550. The second kappa shape index (κ2) is 6.99. The predicted molar refractivity (Wildman–Crippen MR) is 104 cm³/mol. The molecule has 0 amide bonds. The van der Waals surface area contributed by atoms with Gasteiger partial charge in [-0.2, -0.15) is 0 Å². The summed E-state index contributed by atoms with van der Waals surface area (Å²) in [7, 11) is 1.62. The molecular weight excluding hydrogens is 344 g/mol. The van der Waals surface area contributed by atoms with Crippen molar-refractivity contribution in [1.29, 1.82) is 0 Å². The Balaban J connectivity index is 1.92. The van der Waals surface area contributed by atoms with Crippen LogP contribution in [-0.2, 0) is 6.42 Å². The third kappa shape index (κ3) is 3.03. The van der Waals surface area contributed by atoms with Crippen molar-refractivity contribution in [3.8, 4) is 28.4 Å². The van der Waals surface area contributed by atoms with Gasteiger partial charge in [0.15, 0.2) is 11.5 Å². The molecule has 0 N–H and O–H groups in total. The van der Waals surface area contributed by atoms with E-state index < -0.39 is 0 Å². The van der Waals surface area contributed by atoms with Crippen molar-refractivity contribution in [1.82, 2.24) is 0 Å². The first-order valence-corrected chi connectivity index (χ1v) is 9.16. The lowest BCUT2D eigenvalue weighted by atomic mass is 10.0. The minimum Gasteiger partial charge on any atom is -0.496 e. The zero-order valence-electron chi connectivity index (χ0n) is 15.8. The molecule has 1 aromatic heterocycles. The molecule has 0 saturated carbocycles. The van der Waals surface area contributed by atoms with Gasteiger partial charge in [0, 0.05) is 12.5 Å². The highest BCUT2D eigenvalue weighted by Gasteiger charge is 2.18. The van der Waals surface area contributed by atoms with E-state index in [0.29, 0.717) is 47.0 Å². The molecule has 0 spiro atoms. The molecule has 0 atom stereocenters. The normalized spacial score (nSPS) is 13.4. The van der Waals surface area contributed by atoms with E-state index in [9.17, 15) is 4.79 Å². The number of hydrogen-bond donors (Lipinski definition) is 0. The van der Waals surface area contributed by atoms with E-state index in [1.54, 1.807) is 20.1 Å². The Kier molecular flexibility index (Phi) is 4.52. The van der Waals surface area contributed by atoms with Gasteiger partial charge in [-0.3, -0.25) is 4.79 Å². The lowest BCUT2D eigenvalue weighted by Gasteiger charge is -2.13. The molecule has 2 heterocycles. The maximum atomic E-state index is 13.3. The molecule has 4 rings (SSSR count). The van der Waals surface area contributed by atoms with Crippen LogP contribution in [0.1, 0.15) is 24.7 Å². The zero-order valence-corrected chi connectivity index (χ0v) is 15.8. The number of hydrogen-bond acceptors (Lipinski definition) is 5. The fraction of sp³-hybridized carbons (Fsp3) is 0.318. The molecule has 1 aliphatic rings. The number of benzene rings is 2. The first kappa shape index (κ1) is 17.5. The summed E-state index contributed by atoms with van der Waals surface area (Å²) in [5.74, 6) is 2.66. The zero-order chi connectivity index (χ0) is 19.0. The molecule has 0 bridgehead atoms. The molecule has 5 heteroatoms. The number of fused-ring (bicyclic) bond motifs is 2. The van der Waals surface area contributed by atoms with Crippen LogP contribution in [0.25, 0.3) is 22.1 Å². The molecule has 2 aromatic carbocycles. The van der Waals surface area contributed by atoms with E-state index in [1.165, 1.54) is 0 Å². The van der Waals surface area contributed by atoms with Crippen molar-refractivity contribution >= 4 is 11.0 Å². The van der Waals surface area contributed by atoms with Crippen molar-refractivity contribution in [3.63, 3.8) is 0 Å². The van der Waals surface area contributed by atoms with E-state index in [0.717, 1.165) is 29.7 Å². The molecule has 0 unspecified atom stereocenters. The topological polar surface area (TPSA) is 57.9 Å². The van der Waals surface area contributed by atoms with Gasteiger partial charge in [-0.15, -0.1) is 0 Å². The minimum atomic E-state index is -0.0550. The molecule has 0 aliphatic carbocycles. The van der Waals surface area contributed by atoms with Gasteiger partial charge in [0.2, 0.25) is 5.43 Å². The van der Waals surface area contributed by atoms with Gasteiger partial charge in [-0.05, 0) is 42.7 Å². The quantitative estimate of drug-likeness (QED) is 0.683. The summed E-state index contributed by atoms with van der Waals surface area (Å²) >= 11 is 0. The van der Waals surface area contributed by atoms with Gasteiger partial charge >= 0.3 is 0 Å². The van der Waals surface area contributed by atoms with Gasteiger partial charge < -0.3 is 18.6 Å². The van der Waals surface area contributed by atoms with Gasteiger partial charge in [-0.1, -0.05) is 13.0 Å². The molecule has 0 fully saturated rings. The highest BCUT2D eigenvalue weighted by Crippen LogP contribution is 2.35.